The summed E-state index contributed by atoms with van der Waals surface area (Å²) in [7, 11) is 0. The van der Waals surface area contributed by atoms with Gasteiger partial charge in [0.15, 0.2) is 5.78 Å². The van der Waals surface area contributed by atoms with Crippen LogP contribution >= 0.6 is 0 Å². The molecule has 0 aromatic heterocycles. The van der Waals surface area contributed by atoms with Crippen LogP contribution in [0.25, 0.3) is 11.1 Å². The zero-order chi connectivity index (χ0) is 13.1. The third-order valence-corrected chi connectivity index (χ3v) is 3.26. The Balaban J connectivity index is 2.50. The van der Waals surface area contributed by atoms with Gasteiger partial charge in [-0.05, 0) is 43.0 Å². The molecule has 1 heteroatoms. The van der Waals surface area contributed by atoms with E-state index in [4.69, 9.17) is 0 Å². The van der Waals surface area contributed by atoms with Crippen LogP contribution in [-0.4, -0.2) is 5.78 Å². The number of benzene rings is 2. The number of ketones is 1. The molecule has 0 saturated heterocycles. The highest BCUT2D eigenvalue weighted by Gasteiger charge is 2.07. The Morgan fingerprint density at radius 3 is 2.28 bits per heavy atom. The highest BCUT2D eigenvalue weighted by molar-refractivity contribution is 5.95. The second kappa shape index (κ2) is 5.18. The molecule has 2 aromatic carbocycles. The Morgan fingerprint density at radius 2 is 1.72 bits per heavy atom. The molecule has 0 atom stereocenters. The Hall–Kier alpha value is -1.89. The molecule has 0 bridgehead atoms. The maximum atomic E-state index is 11.4. The Kier molecular flexibility index (Phi) is 3.61. The minimum atomic E-state index is 0.125. The lowest BCUT2D eigenvalue weighted by molar-refractivity contribution is 0.101. The van der Waals surface area contributed by atoms with Crippen LogP contribution in [0.1, 0.15) is 35.3 Å². The summed E-state index contributed by atoms with van der Waals surface area (Å²) in [5.74, 6) is 0.125. The van der Waals surface area contributed by atoms with Crippen molar-refractivity contribution < 1.29 is 4.79 Å². The summed E-state index contributed by atoms with van der Waals surface area (Å²) >= 11 is 0. The molecule has 2 rings (SSSR count). The van der Waals surface area contributed by atoms with Gasteiger partial charge in [0.2, 0.25) is 0 Å². The lowest BCUT2D eigenvalue weighted by atomic mass is 9.94. The number of rotatable bonds is 3. The molecule has 0 unspecified atom stereocenters. The number of Topliss-reactive ketones (excluding diaryl/α,β-unsaturated/α-hetero) is 1. The molecule has 0 saturated carbocycles. The van der Waals surface area contributed by atoms with Crippen molar-refractivity contribution in [3.05, 3.63) is 59.2 Å². The quantitative estimate of drug-likeness (QED) is 0.723. The number of hydrogen-bond donors (Lipinski definition) is 0. The van der Waals surface area contributed by atoms with Gasteiger partial charge in [-0.1, -0.05) is 48.9 Å². The largest absolute Gasteiger partial charge is 0.295 e. The van der Waals surface area contributed by atoms with E-state index in [9.17, 15) is 4.79 Å². The third-order valence-electron chi connectivity index (χ3n) is 3.26. The smallest absolute Gasteiger partial charge is 0.159 e. The van der Waals surface area contributed by atoms with Gasteiger partial charge in [-0.3, -0.25) is 4.79 Å². The predicted molar refractivity (Wildman–Crippen MR) is 76.0 cm³/mol. The second-order valence-corrected chi connectivity index (χ2v) is 4.65. The summed E-state index contributed by atoms with van der Waals surface area (Å²) in [6.07, 6.45) is 0.935. The molecule has 0 aliphatic carbocycles. The monoisotopic (exact) mass is 238 g/mol. The maximum Gasteiger partial charge on any atom is 0.159 e. The molecular weight excluding hydrogens is 220 g/mol. The van der Waals surface area contributed by atoms with Crippen molar-refractivity contribution in [2.45, 2.75) is 27.2 Å². The Labute approximate surface area is 108 Å². The van der Waals surface area contributed by atoms with Gasteiger partial charge >= 0.3 is 0 Å². The number of carbonyl (C=O) groups excluding carboxylic acids is 1. The van der Waals surface area contributed by atoms with Crippen LogP contribution in [0.3, 0.4) is 0 Å². The Morgan fingerprint density at radius 1 is 1.06 bits per heavy atom. The molecule has 18 heavy (non-hydrogen) atoms. The van der Waals surface area contributed by atoms with Crippen LogP contribution in [0.15, 0.2) is 42.5 Å². The van der Waals surface area contributed by atoms with Crippen LogP contribution in [0.4, 0.5) is 0 Å². The van der Waals surface area contributed by atoms with E-state index >= 15 is 0 Å². The zero-order valence-corrected chi connectivity index (χ0v) is 11.2. The van der Waals surface area contributed by atoms with Crippen molar-refractivity contribution in [2.75, 3.05) is 0 Å². The van der Waals surface area contributed by atoms with Gasteiger partial charge in [-0.2, -0.15) is 0 Å². The van der Waals surface area contributed by atoms with Crippen molar-refractivity contribution in [2.24, 2.45) is 0 Å². The fourth-order valence-electron chi connectivity index (χ4n) is 2.12. The molecule has 1 nitrogen and oxygen atoms in total. The van der Waals surface area contributed by atoms with Crippen molar-refractivity contribution in [1.82, 2.24) is 0 Å². The van der Waals surface area contributed by atoms with E-state index in [0.29, 0.717) is 0 Å². The molecule has 0 amide bonds. The average Bonchev–Trinajstić information content (AvgIpc) is 2.39. The van der Waals surface area contributed by atoms with Crippen LogP contribution in [0.5, 0.6) is 0 Å². The standard InChI is InChI=1S/C17H18O/c1-4-14-11-16(13(3)18)9-10-17(14)15-7-5-12(2)6-8-15/h5-11H,4H2,1-3H3. The summed E-state index contributed by atoms with van der Waals surface area (Å²) in [5.41, 5.74) is 5.72. The van der Waals surface area contributed by atoms with Crippen molar-refractivity contribution in [3.63, 3.8) is 0 Å². The minimum Gasteiger partial charge on any atom is -0.295 e. The Bertz CT molecular complexity index is 565. The third kappa shape index (κ3) is 2.51. The van der Waals surface area contributed by atoms with Crippen LogP contribution in [0, 0.1) is 6.92 Å². The predicted octanol–water partition coefficient (Wildman–Crippen LogP) is 4.43. The summed E-state index contributed by atoms with van der Waals surface area (Å²) < 4.78 is 0. The van der Waals surface area contributed by atoms with E-state index in [1.165, 1.54) is 22.3 Å². The first-order chi connectivity index (χ1) is 8.61. The highest BCUT2D eigenvalue weighted by atomic mass is 16.1. The van der Waals surface area contributed by atoms with Gasteiger partial charge < -0.3 is 0 Å². The fourth-order valence-corrected chi connectivity index (χ4v) is 2.12. The van der Waals surface area contributed by atoms with Crippen molar-refractivity contribution in [1.29, 1.82) is 0 Å². The molecule has 0 fully saturated rings. The van der Waals surface area contributed by atoms with E-state index in [1.807, 2.05) is 12.1 Å². The van der Waals surface area contributed by atoms with Gasteiger partial charge in [0.05, 0.1) is 0 Å². The van der Waals surface area contributed by atoms with Crippen LogP contribution in [-0.2, 0) is 6.42 Å². The normalized spacial score (nSPS) is 10.4. The summed E-state index contributed by atoms with van der Waals surface area (Å²) in [6.45, 7) is 5.82. The molecule has 0 N–H and O–H groups in total. The highest BCUT2D eigenvalue weighted by Crippen LogP contribution is 2.25. The van der Waals surface area contributed by atoms with Crippen LogP contribution in [0.2, 0.25) is 0 Å². The molecule has 0 radical (unpaired) electrons. The minimum absolute atomic E-state index is 0.125. The van der Waals surface area contributed by atoms with Crippen molar-refractivity contribution in [3.8, 4) is 11.1 Å². The maximum absolute atomic E-state index is 11.4. The number of hydrogen-bond acceptors (Lipinski definition) is 1. The van der Waals surface area contributed by atoms with Crippen molar-refractivity contribution >= 4 is 5.78 Å². The lowest BCUT2D eigenvalue weighted by Gasteiger charge is -2.10. The van der Waals surface area contributed by atoms with Gasteiger partial charge in [0.25, 0.3) is 0 Å². The van der Waals surface area contributed by atoms with Gasteiger partial charge in [0, 0.05) is 5.56 Å². The topological polar surface area (TPSA) is 17.1 Å². The molecule has 2 aromatic rings. The summed E-state index contributed by atoms with van der Waals surface area (Å²) in [6, 6.07) is 14.5. The van der Waals surface area contributed by atoms with Crippen LogP contribution < -0.4 is 0 Å². The van der Waals surface area contributed by atoms with Gasteiger partial charge in [0.1, 0.15) is 0 Å². The fraction of sp³-hybridized carbons (Fsp3) is 0.235. The van der Waals surface area contributed by atoms with E-state index in [2.05, 4.69) is 44.2 Å². The number of aryl methyl sites for hydroxylation is 2. The SMILES string of the molecule is CCc1cc(C(C)=O)ccc1-c1ccc(C)cc1. The van der Waals surface area contributed by atoms with E-state index in [0.717, 1.165) is 12.0 Å². The first-order valence-electron chi connectivity index (χ1n) is 6.32. The second-order valence-electron chi connectivity index (χ2n) is 4.65. The zero-order valence-electron chi connectivity index (χ0n) is 11.2. The first kappa shape index (κ1) is 12.6. The molecule has 92 valence electrons. The molecule has 0 aliphatic heterocycles. The molecule has 0 aliphatic rings. The molecule has 0 spiro atoms. The summed E-state index contributed by atoms with van der Waals surface area (Å²) in [4.78, 5) is 11.4. The van der Waals surface area contributed by atoms with E-state index < -0.39 is 0 Å². The van der Waals surface area contributed by atoms with Gasteiger partial charge in [-0.15, -0.1) is 0 Å². The van der Waals surface area contributed by atoms with E-state index in [1.54, 1.807) is 6.92 Å². The average molecular weight is 238 g/mol. The molecule has 0 heterocycles. The van der Waals surface area contributed by atoms with E-state index in [-0.39, 0.29) is 5.78 Å². The summed E-state index contributed by atoms with van der Waals surface area (Å²) in [5, 5.41) is 0. The molecular formula is C17H18O. The lowest BCUT2D eigenvalue weighted by Crippen LogP contribution is -1.96. The first-order valence-corrected chi connectivity index (χ1v) is 6.32. The van der Waals surface area contributed by atoms with Gasteiger partial charge in [-0.25, -0.2) is 0 Å². The number of carbonyl (C=O) groups is 1.